The van der Waals surface area contributed by atoms with Crippen LogP contribution in [0.5, 0.6) is 0 Å². The third-order valence-corrected chi connectivity index (χ3v) is 2.17. The predicted molar refractivity (Wildman–Crippen MR) is 43.0 cm³/mol. The van der Waals surface area contributed by atoms with E-state index in [1.54, 1.807) is 0 Å². The molecule has 1 aliphatic heterocycles. The molecule has 2 heteroatoms. The van der Waals surface area contributed by atoms with E-state index in [-0.39, 0.29) is 0 Å². The van der Waals surface area contributed by atoms with E-state index in [1.165, 1.54) is 19.3 Å². The Morgan fingerprint density at radius 3 is 3.00 bits per heavy atom. The molecule has 1 fully saturated rings. The Bertz CT molecular complexity index is 133. The van der Waals surface area contributed by atoms with E-state index in [9.17, 15) is 0 Å². The van der Waals surface area contributed by atoms with Crippen molar-refractivity contribution in [3.8, 4) is 6.07 Å². The van der Waals surface area contributed by atoms with Crippen LogP contribution < -0.4 is 0 Å². The van der Waals surface area contributed by atoms with Crippen molar-refractivity contribution in [2.45, 2.75) is 32.1 Å². The number of unbranched alkanes of at least 4 members (excludes halogenated alkanes) is 2. The van der Waals surface area contributed by atoms with Crippen molar-refractivity contribution in [2.75, 3.05) is 13.2 Å². The highest BCUT2D eigenvalue weighted by Crippen LogP contribution is 2.18. The smallest absolute Gasteiger partial charge is 0.0621 e. The van der Waals surface area contributed by atoms with Crippen molar-refractivity contribution in [2.24, 2.45) is 5.92 Å². The van der Waals surface area contributed by atoms with Crippen LogP contribution in [0.15, 0.2) is 0 Å². The topological polar surface area (TPSA) is 33.0 Å². The van der Waals surface area contributed by atoms with Crippen LogP contribution >= 0.6 is 0 Å². The van der Waals surface area contributed by atoms with Crippen molar-refractivity contribution < 1.29 is 4.74 Å². The van der Waals surface area contributed by atoms with Gasteiger partial charge >= 0.3 is 0 Å². The van der Waals surface area contributed by atoms with Crippen LogP contribution in [0.3, 0.4) is 0 Å². The van der Waals surface area contributed by atoms with Crippen LogP contribution in [0.25, 0.3) is 0 Å². The second kappa shape index (κ2) is 5.15. The molecule has 0 aromatic carbocycles. The molecule has 11 heavy (non-hydrogen) atoms. The molecule has 0 aromatic rings. The maximum absolute atomic E-state index is 8.28. The van der Waals surface area contributed by atoms with E-state index in [1.807, 2.05) is 0 Å². The van der Waals surface area contributed by atoms with E-state index in [2.05, 4.69) is 6.07 Å². The molecule has 1 saturated heterocycles. The van der Waals surface area contributed by atoms with E-state index in [4.69, 9.17) is 10.00 Å². The molecule has 1 heterocycles. The minimum Gasteiger partial charge on any atom is -0.381 e. The molecule has 1 atom stereocenters. The van der Waals surface area contributed by atoms with Crippen molar-refractivity contribution in [1.29, 1.82) is 5.26 Å². The normalized spacial score (nSPS) is 23.4. The molecule has 0 aliphatic carbocycles. The van der Waals surface area contributed by atoms with Gasteiger partial charge < -0.3 is 4.74 Å². The molecular formula is C9H15NO. The van der Waals surface area contributed by atoms with Crippen LogP contribution in [0, 0.1) is 17.2 Å². The number of nitriles is 1. The molecule has 1 aliphatic rings. The van der Waals surface area contributed by atoms with Crippen LogP contribution in [-0.2, 0) is 4.74 Å². The van der Waals surface area contributed by atoms with Crippen LogP contribution in [0.2, 0.25) is 0 Å². The van der Waals surface area contributed by atoms with Gasteiger partial charge in [-0.3, -0.25) is 0 Å². The zero-order valence-corrected chi connectivity index (χ0v) is 6.88. The Hall–Kier alpha value is -0.550. The van der Waals surface area contributed by atoms with Crippen LogP contribution in [-0.4, -0.2) is 13.2 Å². The first kappa shape index (κ1) is 8.55. The van der Waals surface area contributed by atoms with Gasteiger partial charge in [0.1, 0.15) is 0 Å². The summed E-state index contributed by atoms with van der Waals surface area (Å²) in [6.45, 7) is 1.90. The molecule has 1 rings (SSSR count). The fourth-order valence-electron chi connectivity index (χ4n) is 1.45. The monoisotopic (exact) mass is 153 g/mol. The van der Waals surface area contributed by atoms with E-state index >= 15 is 0 Å². The summed E-state index contributed by atoms with van der Waals surface area (Å²) in [6, 6.07) is 2.16. The standard InChI is InChI=1S/C9H15NO/c10-6-3-1-2-4-9-5-7-11-8-9/h9H,1-5,7-8H2. The van der Waals surface area contributed by atoms with E-state index < -0.39 is 0 Å². The Labute approximate surface area is 68.2 Å². The highest BCUT2D eigenvalue weighted by atomic mass is 16.5. The number of hydrogen-bond acceptors (Lipinski definition) is 2. The zero-order valence-electron chi connectivity index (χ0n) is 6.88. The molecule has 62 valence electrons. The highest BCUT2D eigenvalue weighted by Gasteiger charge is 2.14. The van der Waals surface area contributed by atoms with Gasteiger partial charge in [-0.2, -0.15) is 5.26 Å². The summed E-state index contributed by atoms with van der Waals surface area (Å²) in [6.07, 6.45) is 5.45. The molecule has 0 radical (unpaired) electrons. The lowest BCUT2D eigenvalue weighted by atomic mass is 10.0. The van der Waals surface area contributed by atoms with Gasteiger partial charge in [0.2, 0.25) is 0 Å². The summed E-state index contributed by atoms with van der Waals surface area (Å²) in [7, 11) is 0. The zero-order chi connectivity index (χ0) is 7.94. The quantitative estimate of drug-likeness (QED) is 0.579. The van der Waals surface area contributed by atoms with E-state index in [0.29, 0.717) is 6.42 Å². The minimum atomic E-state index is 0.716. The highest BCUT2D eigenvalue weighted by molar-refractivity contribution is 4.70. The number of ether oxygens (including phenoxy) is 1. The number of rotatable bonds is 4. The summed E-state index contributed by atoms with van der Waals surface area (Å²) < 4.78 is 5.25. The first-order valence-corrected chi connectivity index (χ1v) is 4.38. The minimum absolute atomic E-state index is 0.716. The third-order valence-electron chi connectivity index (χ3n) is 2.17. The van der Waals surface area contributed by atoms with Gasteiger partial charge in [0, 0.05) is 19.6 Å². The number of hydrogen-bond donors (Lipinski definition) is 0. The SMILES string of the molecule is N#CCCCCC1CCOC1. The molecule has 0 bridgehead atoms. The molecule has 0 amide bonds. The Kier molecular flexibility index (Phi) is 4.00. The van der Waals surface area contributed by atoms with Crippen molar-refractivity contribution in [3.05, 3.63) is 0 Å². The van der Waals surface area contributed by atoms with Gasteiger partial charge in [-0.05, 0) is 25.2 Å². The van der Waals surface area contributed by atoms with Gasteiger partial charge in [-0.25, -0.2) is 0 Å². The number of nitrogens with zero attached hydrogens (tertiary/aromatic N) is 1. The average molecular weight is 153 g/mol. The van der Waals surface area contributed by atoms with Gasteiger partial charge in [-0.1, -0.05) is 6.42 Å². The Morgan fingerprint density at radius 2 is 2.36 bits per heavy atom. The fourth-order valence-corrected chi connectivity index (χ4v) is 1.45. The summed E-state index contributed by atoms with van der Waals surface area (Å²) in [4.78, 5) is 0. The van der Waals surface area contributed by atoms with Gasteiger partial charge in [0.25, 0.3) is 0 Å². The summed E-state index contributed by atoms with van der Waals surface area (Å²) in [5.74, 6) is 0.786. The molecule has 0 N–H and O–H groups in total. The Balaban J connectivity index is 1.90. The van der Waals surface area contributed by atoms with Crippen LogP contribution in [0.1, 0.15) is 32.1 Å². The Morgan fingerprint density at radius 1 is 1.45 bits per heavy atom. The molecule has 0 spiro atoms. The lowest BCUT2D eigenvalue weighted by molar-refractivity contribution is 0.183. The lowest BCUT2D eigenvalue weighted by Gasteiger charge is -2.04. The van der Waals surface area contributed by atoms with Crippen molar-refractivity contribution in [3.63, 3.8) is 0 Å². The van der Waals surface area contributed by atoms with Gasteiger partial charge in [-0.15, -0.1) is 0 Å². The first-order valence-electron chi connectivity index (χ1n) is 4.38. The van der Waals surface area contributed by atoms with Gasteiger partial charge in [0.05, 0.1) is 6.07 Å². The van der Waals surface area contributed by atoms with Crippen molar-refractivity contribution >= 4 is 0 Å². The largest absolute Gasteiger partial charge is 0.381 e. The second-order valence-electron chi connectivity index (χ2n) is 3.13. The van der Waals surface area contributed by atoms with Gasteiger partial charge in [0.15, 0.2) is 0 Å². The van der Waals surface area contributed by atoms with E-state index in [0.717, 1.165) is 25.6 Å². The summed E-state index contributed by atoms with van der Waals surface area (Å²) in [5, 5.41) is 8.28. The maximum atomic E-state index is 8.28. The molecule has 0 saturated carbocycles. The summed E-state index contributed by atoms with van der Waals surface area (Å²) >= 11 is 0. The molecule has 0 aromatic heterocycles. The molecule has 2 nitrogen and oxygen atoms in total. The lowest BCUT2D eigenvalue weighted by Crippen LogP contribution is -1.98. The fraction of sp³-hybridized carbons (Fsp3) is 0.889. The summed E-state index contributed by atoms with van der Waals surface area (Å²) in [5.41, 5.74) is 0. The maximum Gasteiger partial charge on any atom is 0.0621 e. The van der Waals surface area contributed by atoms with Crippen LogP contribution in [0.4, 0.5) is 0 Å². The third kappa shape index (κ3) is 3.38. The average Bonchev–Trinajstić information content (AvgIpc) is 2.50. The predicted octanol–water partition coefficient (Wildman–Crippen LogP) is 2.11. The second-order valence-corrected chi connectivity index (χ2v) is 3.13. The first-order chi connectivity index (χ1) is 5.43. The molecular weight excluding hydrogens is 138 g/mol. The van der Waals surface area contributed by atoms with Crippen molar-refractivity contribution in [1.82, 2.24) is 0 Å². The molecule has 1 unspecified atom stereocenters.